The van der Waals surface area contributed by atoms with Crippen molar-refractivity contribution in [1.82, 2.24) is 0 Å². The lowest BCUT2D eigenvalue weighted by molar-refractivity contribution is -0.908. The lowest BCUT2D eigenvalue weighted by atomic mass is 10.4. The number of hydrogen-bond donors (Lipinski definition) is 1. The van der Waals surface area contributed by atoms with Crippen LogP contribution in [0.5, 0.6) is 0 Å². The molecule has 1 aliphatic heterocycles. The smallest absolute Gasteiger partial charge is 0.101 e. The average molecular weight is 322 g/mol. The van der Waals surface area contributed by atoms with Crippen LogP contribution in [0.25, 0.3) is 0 Å². The average Bonchev–Trinajstić information content (AvgIpc) is 2.56. The van der Waals surface area contributed by atoms with Crippen molar-refractivity contribution in [2.75, 3.05) is 99.4 Å². The maximum Gasteiger partial charge on any atom is 0.101 e. The normalized spacial score (nSPS) is 16.2. The van der Waals surface area contributed by atoms with Gasteiger partial charge >= 0.3 is 0 Å². The minimum absolute atomic E-state index is 0.589. The Balaban J connectivity index is 1.68. The summed E-state index contributed by atoms with van der Waals surface area (Å²) in [6.07, 6.45) is 0. The molecule has 1 N–H and O–H groups in total. The van der Waals surface area contributed by atoms with Gasteiger partial charge in [0, 0.05) is 7.11 Å². The first-order chi connectivity index (χ1) is 10.9. The first-order valence-corrected chi connectivity index (χ1v) is 8.14. The molecule has 22 heavy (non-hydrogen) atoms. The van der Waals surface area contributed by atoms with Crippen LogP contribution in [0.1, 0.15) is 0 Å². The molecule has 0 unspecified atom stereocenters. The topological polar surface area (TPSA) is 59.8 Å². The van der Waals surface area contributed by atoms with E-state index < -0.39 is 0 Å². The van der Waals surface area contributed by atoms with E-state index in [-0.39, 0.29) is 0 Å². The Kier molecular flexibility index (Phi) is 14.0. The summed E-state index contributed by atoms with van der Waals surface area (Å²) >= 11 is 0. The number of hydrogen-bond acceptors (Lipinski definition) is 6. The van der Waals surface area contributed by atoms with Crippen molar-refractivity contribution in [2.45, 2.75) is 0 Å². The molecule has 0 aromatic rings. The lowest BCUT2D eigenvalue weighted by Crippen LogP contribution is -3.14. The van der Waals surface area contributed by atoms with E-state index in [1.54, 1.807) is 12.0 Å². The maximum atomic E-state index is 5.56. The molecule has 0 atom stereocenters. The third kappa shape index (κ3) is 12.3. The molecule has 7 heteroatoms. The Bertz CT molecular complexity index is 226. The number of ether oxygens (including phenoxy) is 6. The van der Waals surface area contributed by atoms with Gasteiger partial charge in [0.2, 0.25) is 0 Å². The quantitative estimate of drug-likeness (QED) is 0.375. The minimum Gasteiger partial charge on any atom is -0.382 e. The van der Waals surface area contributed by atoms with Gasteiger partial charge in [-0.15, -0.1) is 0 Å². The van der Waals surface area contributed by atoms with E-state index in [1.807, 2.05) is 0 Å². The van der Waals surface area contributed by atoms with Gasteiger partial charge in [-0.05, 0) is 0 Å². The zero-order chi connectivity index (χ0) is 15.7. The highest BCUT2D eigenvalue weighted by molar-refractivity contribution is 4.40. The molecule has 0 aromatic heterocycles. The van der Waals surface area contributed by atoms with E-state index in [0.29, 0.717) is 52.9 Å². The highest BCUT2D eigenvalue weighted by Crippen LogP contribution is 1.83. The summed E-state index contributed by atoms with van der Waals surface area (Å²) in [7, 11) is 1.66. The summed E-state index contributed by atoms with van der Waals surface area (Å²) in [4.78, 5) is 1.56. The van der Waals surface area contributed by atoms with E-state index in [2.05, 4.69) is 0 Å². The van der Waals surface area contributed by atoms with Crippen molar-refractivity contribution in [3.63, 3.8) is 0 Å². The van der Waals surface area contributed by atoms with Crippen LogP contribution in [0.2, 0.25) is 0 Å². The summed E-state index contributed by atoms with van der Waals surface area (Å²) in [6, 6.07) is 0. The molecule has 0 saturated carbocycles. The SMILES string of the molecule is COCCOCCOCCOCCOCC[NH+]1CCOCC1. The van der Waals surface area contributed by atoms with Crippen LogP contribution in [0.15, 0.2) is 0 Å². The Morgan fingerprint density at radius 2 is 1.14 bits per heavy atom. The van der Waals surface area contributed by atoms with Crippen LogP contribution in [-0.4, -0.2) is 99.4 Å². The number of quaternary nitrogens is 1. The molecule has 0 amide bonds. The summed E-state index contributed by atoms with van der Waals surface area (Å²) in [5.41, 5.74) is 0. The predicted molar refractivity (Wildman–Crippen MR) is 81.5 cm³/mol. The molecule has 0 aliphatic carbocycles. The van der Waals surface area contributed by atoms with Crippen molar-refractivity contribution in [2.24, 2.45) is 0 Å². The summed E-state index contributed by atoms with van der Waals surface area (Å²) in [5.74, 6) is 0. The third-order valence-electron chi connectivity index (χ3n) is 3.35. The Morgan fingerprint density at radius 3 is 1.64 bits per heavy atom. The van der Waals surface area contributed by atoms with Gasteiger partial charge in [-0.25, -0.2) is 0 Å². The zero-order valence-electron chi connectivity index (χ0n) is 13.8. The number of morpholine rings is 1. The van der Waals surface area contributed by atoms with Gasteiger partial charge in [0.15, 0.2) is 0 Å². The Hall–Kier alpha value is -0.280. The van der Waals surface area contributed by atoms with Crippen LogP contribution < -0.4 is 4.90 Å². The van der Waals surface area contributed by atoms with Gasteiger partial charge < -0.3 is 33.3 Å². The second-order valence-electron chi connectivity index (χ2n) is 5.05. The van der Waals surface area contributed by atoms with Crippen LogP contribution >= 0.6 is 0 Å². The molecule has 1 aliphatic rings. The number of nitrogens with one attached hydrogen (secondary N) is 1. The van der Waals surface area contributed by atoms with Gasteiger partial charge in [0.1, 0.15) is 19.6 Å². The summed E-state index contributed by atoms with van der Waals surface area (Å²) < 4.78 is 31.8. The number of methoxy groups -OCH3 is 1. The van der Waals surface area contributed by atoms with Gasteiger partial charge in [-0.3, -0.25) is 0 Å². The van der Waals surface area contributed by atoms with Gasteiger partial charge in [-0.2, -0.15) is 0 Å². The van der Waals surface area contributed by atoms with E-state index in [9.17, 15) is 0 Å². The molecule has 132 valence electrons. The molecule has 0 bridgehead atoms. The molecular formula is C15H32NO6+. The second-order valence-corrected chi connectivity index (χ2v) is 5.05. The molecular weight excluding hydrogens is 290 g/mol. The second kappa shape index (κ2) is 15.6. The van der Waals surface area contributed by atoms with E-state index in [4.69, 9.17) is 28.4 Å². The van der Waals surface area contributed by atoms with Crippen LogP contribution in [-0.2, 0) is 28.4 Å². The van der Waals surface area contributed by atoms with Crippen molar-refractivity contribution < 1.29 is 33.3 Å². The number of rotatable bonds is 15. The zero-order valence-corrected chi connectivity index (χ0v) is 13.8. The van der Waals surface area contributed by atoms with Crippen molar-refractivity contribution >= 4 is 0 Å². The van der Waals surface area contributed by atoms with Crippen molar-refractivity contribution in [3.8, 4) is 0 Å². The highest BCUT2D eigenvalue weighted by atomic mass is 16.6. The molecule has 1 saturated heterocycles. The summed E-state index contributed by atoms with van der Waals surface area (Å²) in [5, 5.41) is 0. The monoisotopic (exact) mass is 322 g/mol. The van der Waals surface area contributed by atoms with Crippen LogP contribution in [0.3, 0.4) is 0 Å². The van der Waals surface area contributed by atoms with E-state index in [1.165, 1.54) is 0 Å². The maximum absolute atomic E-state index is 5.56. The van der Waals surface area contributed by atoms with Gasteiger partial charge in [0.25, 0.3) is 0 Å². The lowest BCUT2D eigenvalue weighted by Gasteiger charge is -2.23. The molecule has 0 aromatic carbocycles. The fourth-order valence-corrected chi connectivity index (χ4v) is 2.03. The summed E-state index contributed by atoms with van der Waals surface area (Å²) in [6.45, 7) is 10.6. The molecule has 1 fully saturated rings. The molecule has 0 radical (unpaired) electrons. The highest BCUT2D eigenvalue weighted by Gasteiger charge is 2.12. The van der Waals surface area contributed by atoms with Crippen molar-refractivity contribution in [3.05, 3.63) is 0 Å². The fourth-order valence-electron chi connectivity index (χ4n) is 2.03. The van der Waals surface area contributed by atoms with Crippen LogP contribution in [0, 0.1) is 0 Å². The molecule has 0 spiro atoms. The molecule has 1 heterocycles. The first kappa shape index (κ1) is 19.8. The molecule has 1 rings (SSSR count). The van der Waals surface area contributed by atoms with Crippen LogP contribution in [0.4, 0.5) is 0 Å². The van der Waals surface area contributed by atoms with E-state index in [0.717, 1.165) is 39.5 Å². The third-order valence-corrected chi connectivity index (χ3v) is 3.35. The van der Waals surface area contributed by atoms with E-state index >= 15 is 0 Å². The van der Waals surface area contributed by atoms with Gasteiger partial charge in [-0.1, -0.05) is 0 Å². The predicted octanol–water partition coefficient (Wildman–Crippen LogP) is -1.39. The first-order valence-electron chi connectivity index (χ1n) is 8.14. The molecule has 7 nitrogen and oxygen atoms in total. The fraction of sp³-hybridized carbons (Fsp3) is 1.00. The van der Waals surface area contributed by atoms with Crippen molar-refractivity contribution in [1.29, 1.82) is 0 Å². The Morgan fingerprint density at radius 1 is 0.682 bits per heavy atom. The Labute approximate surface area is 133 Å². The largest absolute Gasteiger partial charge is 0.382 e. The minimum atomic E-state index is 0.589. The standard InChI is InChI=1S/C15H31NO6/c1-17-8-9-20-12-13-22-15-14-21-11-10-19-7-4-16-2-5-18-6-3-16/h2-15H2,1H3/p+1. The van der Waals surface area contributed by atoms with Gasteiger partial charge in [0.05, 0.1) is 72.7 Å².